The van der Waals surface area contributed by atoms with Gasteiger partial charge >= 0.3 is 51.4 Å². The molecule has 0 amide bonds. The predicted octanol–water partition coefficient (Wildman–Crippen LogP) is -3.86. The quantitative estimate of drug-likeness (QED) is 0.283. The molecular weight excluding hydrogens is 189 g/mol. The summed E-state index contributed by atoms with van der Waals surface area (Å²) in [5.41, 5.74) is 4.91. The summed E-state index contributed by atoms with van der Waals surface area (Å²) in [5, 5.41) is 0. The Morgan fingerprint density at radius 2 is 2.00 bits per heavy atom. The molecule has 0 fully saturated rings. The van der Waals surface area contributed by atoms with E-state index in [4.69, 9.17) is 5.73 Å². The van der Waals surface area contributed by atoms with Crippen LogP contribution in [0.25, 0.3) is 0 Å². The van der Waals surface area contributed by atoms with Crippen molar-refractivity contribution in [2.75, 3.05) is 12.3 Å². The van der Waals surface area contributed by atoms with Gasteiger partial charge in [0.15, 0.2) is 0 Å². The summed E-state index contributed by atoms with van der Waals surface area (Å²) in [6.45, 7) is 0.214. The number of hydrogen-bond acceptors (Lipinski definition) is 5. The van der Waals surface area contributed by atoms with Crippen LogP contribution in [0.2, 0.25) is 0 Å². The van der Waals surface area contributed by atoms with Gasteiger partial charge in [0.25, 0.3) is 0 Å². The Balaban J connectivity index is 0. The fourth-order valence-electron chi connectivity index (χ4n) is 0.150. The monoisotopic (exact) mass is 195 g/mol. The molecule has 0 saturated heterocycles. The van der Waals surface area contributed by atoms with Gasteiger partial charge in [0, 0.05) is 12.3 Å². The first-order valence-electron chi connectivity index (χ1n) is 1.86. The van der Waals surface area contributed by atoms with Crippen molar-refractivity contribution < 1.29 is 64.4 Å². The van der Waals surface area contributed by atoms with Crippen LogP contribution in [0.1, 0.15) is 0 Å². The second-order valence-corrected chi connectivity index (χ2v) is 4.41. The summed E-state index contributed by atoms with van der Waals surface area (Å²) in [5.74, 6) is 0.172. The molecule has 0 aliphatic heterocycles. The molecule has 0 bridgehead atoms. The second-order valence-electron chi connectivity index (χ2n) is 1.02. The molecule has 2 N–H and O–H groups in total. The van der Waals surface area contributed by atoms with E-state index in [0.29, 0.717) is 10.8 Å². The number of nitrogens with two attached hydrogens (primary N) is 1. The zero-order chi connectivity index (χ0) is 6.62. The molecule has 4 nitrogen and oxygen atoms in total. The molecule has 0 heterocycles. The Morgan fingerprint density at radius 1 is 1.56 bits per heavy atom. The van der Waals surface area contributed by atoms with E-state index in [2.05, 4.69) is 0 Å². The molecule has 0 aromatic carbocycles. The molecule has 0 atom stereocenters. The predicted molar refractivity (Wildman–Crippen MR) is 31.2 cm³/mol. The van der Waals surface area contributed by atoms with Gasteiger partial charge in [0.05, 0.1) is 0 Å². The maximum absolute atomic E-state index is 9.74. The van der Waals surface area contributed by atoms with Crippen LogP contribution < -0.4 is 57.1 Å². The van der Waals surface area contributed by atoms with Crippen molar-refractivity contribution in [1.29, 1.82) is 0 Å². The molecule has 7 heteroatoms. The molecule has 0 aromatic rings. The van der Waals surface area contributed by atoms with Gasteiger partial charge in [-0.05, 0) is 10.8 Å². The molecule has 0 unspecified atom stereocenters. The smallest absolute Gasteiger partial charge is 0.739 e. The average Bonchev–Trinajstić information content (AvgIpc) is 1.59. The van der Waals surface area contributed by atoms with Crippen LogP contribution >= 0.6 is 10.8 Å². The van der Waals surface area contributed by atoms with Crippen molar-refractivity contribution in [3.8, 4) is 0 Å². The first-order valence-corrected chi connectivity index (χ1v) is 4.77. The first kappa shape index (κ1) is 13.4. The summed E-state index contributed by atoms with van der Waals surface area (Å²) in [4.78, 5) is 0. The third-order valence-corrected chi connectivity index (χ3v) is 2.40. The van der Waals surface area contributed by atoms with Crippen molar-refractivity contribution in [3.05, 3.63) is 0 Å². The van der Waals surface area contributed by atoms with Crippen molar-refractivity contribution in [3.63, 3.8) is 0 Å². The standard InChI is InChI=1S/C2H7NO3S2.K/c3-1-2-7-8(4,5)6;/h1-3H2,(H,4,5,6);/q;+1/p-1. The van der Waals surface area contributed by atoms with Crippen LogP contribution in [-0.2, 0) is 9.15 Å². The minimum Gasteiger partial charge on any atom is -0.739 e. The van der Waals surface area contributed by atoms with E-state index in [1.807, 2.05) is 0 Å². The molecule has 0 aliphatic rings. The second kappa shape index (κ2) is 6.56. The topological polar surface area (TPSA) is 83.2 Å². The molecule has 0 radical (unpaired) electrons. The van der Waals surface area contributed by atoms with Gasteiger partial charge in [0.2, 0.25) is 0 Å². The number of hydrogen-bond donors (Lipinski definition) is 1. The van der Waals surface area contributed by atoms with E-state index in [1.54, 1.807) is 0 Å². The van der Waals surface area contributed by atoms with Gasteiger partial charge in [-0.3, -0.25) is 0 Å². The zero-order valence-electron chi connectivity index (χ0n) is 5.03. The minimum absolute atomic E-state index is 0. The third kappa shape index (κ3) is 12.9. The summed E-state index contributed by atoms with van der Waals surface area (Å²) < 4.78 is 29.2. The average molecular weight is 195 g/mol. The van der Waals surface area contributed by atoms with Crippen molar-refractivity contribution >= 4 is 19.9 Å². The van der Waals surface area contributed by atoms with Gasteiger partial charge < -0.3 is 10.3 Å². The van der Waals surface area contributed by atoms with Crippen molar-refractivity contribution in [1.82, 2.24) is 0 Å². The Bertz CT molecular complexity index is 144. The van der Waals surface area contributed by atoms with E-state index in [0.717, 1.165) is 0 Å². The Morgan fingerprint density at radius 3 is 2.11 bits per heavy atom. The fraction of sp³-hybridized carbons (Fsp3) is 1.00. The molecule has 50 valence electrons. The Labute approximate surface area is 101 Å². The third-order valence-electron chi connectivity index (χ3n) is 0.346. The van der Waals surface area contributed by atoms with Crippen LogP contribution in [0.4, 0.5) is 0 Å². The molecule has 9 heavy (non-hydrogen) atoms. The van der Waals surface area contributed by atoms with E-state index in [1.165, 1.54) is 0 Å². The van der Waals surface area contributed by atoms with Gasteiger partial charge in [-0.25, -0.2) is 8.42 Å². The van der Waals surface area contributed by atoms with E-state index < -0.39 is 9.15 Å². The van der Waals surface area contributed by atoms with Crippen LogP contribution in [-0.4, -0.2) is 25.3 Å². The fourth-order valence-corrected chi connectivity index (χ4v) is 1.35. The first-order chi connectivity index (χ1) is 3.56. The Hall–Kier alpha value is 1.86. The molecule has 0 spiro atoms. The van der Waals surface area contributed by atoms with Crippen LogP contribution in [0, 0.1) is 0 Å². The summed E-state index contributed by atoms with van der Waals surface area (Å²) in [6.07, 6.45) is 0. The summed E-state index contributed by atoms with van der Waals surface area (Å²) in [6, 6.07) is 0. The summed E-state index contributed by atoms with van der Waals surface area (Å²) >= 11 is 0. The largest absolute Gasteiger partial charge is 1.00 e. The summed E-state index contributed by atoms with van der Waals surface area (Å²) in [7, 11) is -3.77. The maximum Gasteiger partial charge on any atom is 1.00 e. The normalized spacial score (nSPS) is 10.4. The van der Waals surface area contributed by atoms with Crippen LogP contribution in [0.5, 0.6) is 0 Å². The van der Waals surface area contributed by atoms with Gasteiger partial charge in [-0.2, -0.15) is 0 Å². The SMILES string of the molecule is NCCSS(=O)(=O)[O-].[K+]. The maximum atomic E-state index is 9.74. The van der Waals surface area contributed by atoms with E-state index in [9.17, 15) is 13.0 Å². The van der Waals surface area contributed by atoms with E-state index >= 15 is 0 Å². The molecular formula is C2H6KNO3S2. The zero-order valence-corrected chi connectivity index (χ0v) is 9.79. The van der Waals surface area contributed by atoms with Gasteiger partial charge in [0.1, 0.15) is 9.15 Å². The molecule has 0 aliphatic carbocycles. The van der Waals surface area contributed by atoms with Crippen LogP contribution in [0.3, 0.4) is 0 Å². The van der Waals surface area contributed by atoms with E-state index in [-0.39, 0.29) is 63.7 Å². The Kier molecular flexibility index (Phi) is 9.80. The minimum atomic E-state index is -4.10. The van der Waals surface area contributed by atoms with Gasteiger partial charge in [-0.1, -0.05) is 0 Å². The number of rotatable bonds is 3. The molecule has 0 saturated carbocycles. The van der Waals surface area contributed by atoms with Crippen LogP contribution in [0.15, 0.2) is 0 Å². The molecule has 0 aromatic heterocycles. The van der Waals surface area contributed by atoms with Crippen molar-refractivity contribution in [2.24, 2.45) is 5.73 Å². The van der Waals surface area contributed by atoms with Crippen molar-refractivity contribution in [2.45, 2.75) is 0 Å². The molecule has 0 rings (SSSR count). The van der Waals surface area contributed by atoms with Gasteiger partial charge in [-0.15, -0.1) is 0 Å².